The van der Waals surface area contributed by atoms with Crippen LogP contribution >= 0.6 is 103 Å². The number of amides is 4. The number of hydrogen-bond acceptors (Lipinski definition) is 34. The standard InChI is InChI=1S/C30H54N3O9PS2.C17H35N2O5PS2.C16H32N2O4S.C11H20O3S.C9H18ClN2OP.C4H10O2/c1-27(2,3)24(35)44-20-23(34)30(10,11)21-40-43(38,39-16-14-15-31)45-19-22(17-32(12)25(36)41-28(4,5)6)18-33(13)26(37)42-29(7,8)9;1-16(2,3)15(21)26-11-14(20)17(4,5)12-24-25(22,23)27-10-13(8-18-6)9-19-7;1-15(2,3)21-13(19)17(7)9-12(11-23)10-18(8)14(20)22-16(4,5)6;1-10(2,3)9(14)15-6-8(13)11(4,5)7-12;1-8(2)12(9(3)4)14(10)13-7-5-6-11;1-4(2,3)6-5/h22H,14,16-21H2,1-13H3;13,18-19H,8-12H2,1-7H3,(H,22,23);12,23H,9-11H2,1-8H3;12H,6-7H2,1-5H3;8-9H,5,7H2,1-4H3;5H,1-3H3. The van der Waals surface area contributed by atoms with Gasteiger partial charge in [-0.05, 0) is 204 Å². The number of aliphatic hydroxyl groups excluding tert-OH is 1. The third-order valence-electron chi connectivity index (χ3n) is 16.2. The van der Waals surface area contributed by atoms with Crippen molar-refractivity contribution < 1.29 is 114 Å². The Hall–Kier alpha value is -3.08. The van der Waals surface area contributed by atoms with E-state index in [0.29, 0.717) is 49.7 Å². The number of hydrogen-bond donors (Lipinski definition) is 6. The van der Waals surface area contributed by atoms with Crippen molar-refractivity contribution in [1.29, 1.82) is 10.5 Å². The average molecular weight is 2050 g/mol. The Morgan fingerprint density at radius 2 is 0.738 bits per heavy atom. The van der Waals surface area contributed by atoms with E-state index < -0.39 is 99.8 Å². The molecule has 0 aromatic rings. The number of thioether (sulfide) groups is 3. The molecule has 0 radical (unpaired) electrons. The molecule has 3 unspecified atom stereocenters. The van der Waals surface area contributed by atoms with Crippen LogP contribution in [0.2, 0.25) is 0 Å². The summed E-state index contributed by atoms with van der Waals surface area (Å²) in [7, 11) is 9.07. The molecule has 4 amide bonds. The summed E-state index contributed by atoms with van der Waals surface area (Å²) in [6.45, 7) is 55.7. The maximum absolute atomic E-state index is 13.9. The molecule has 0 saturated heterocycles. The van der Waals surface area contributed by atoms with Crippen LogP contribution < -0.4 is 10.6 Å². The number of carbonyl (C=O) groups excluding carboxylic acids is 10. The normalized spacial score (nSPS) is 13.5. The Balaban J connectivity index is -0.000000387. The first-order chi connectivity index (χ1) is 58.4. The molecule has 0 spiro atoms. The average Bonchev–Trinajstić information content (AvgIpc) is 0.852. The number of nitrogens with one attached hydrogen (secondary N) is 2. The Morgan fingerprint density at radius 3 is 1.00 bits per heavy atom. The van der Waals surface area contributed by atoms with Crippen molar-refractivity contribution in [3.63, 3.8) is 0 Å². The van der Waals surface area contributed by atoms with Crippen LogP contribution in [0.15, 0.2) is 0 Å². The van der Waals surface area contributed by atoms with Gasteiger partial charge >= 0.3 is 38.0 Å². The number of ketones is 3. The van der Waals surface area contributed by atoms with E-state index in [0.717, 1.165) is 71.1 Å². The number of ether oxygens (including phenoxy) is 4. The molecule has 0 fully saturated rings. The van der Waals surface area contributed by atoms with E-state index in [2.05, 4.69) is 60.5 Å². The van der Waals surface area contributed by atoms with Gasteiger partial charge in [0, 0.05) is 122 Å². The first-order valence-corrected chi connectivity index (χ1v) is 54.9. The quantitative estimate of drug-likeness (QED) is 0.00824. The van der Waals surface area contributed by atoms with Gasteiger partial charge in [-0.3, -0.25) is 47.6 Å². The summed E-state index contributed by atoms with van der Waals surface area (Å²) in [6.07, 6.45) is -1.53. The van der Waals surface area contributed by atoms with Gasteiger partial charge < -0.3 is 63.7 Å². The largest absolute Gasteiger partial charge is 0.444 e. The van der Waals surface area contributed by atoms with Gasteiger partial charge in [-0.25, -0.2) is 37.9 Å². The number of Topliss-reactive ketones (excluding diaryl/α,β-unsaturated/α-hetero) is 3. The van der Waals surface area contributed by atoms with Crippen molar-refractivity contribution in [2.45, 2.75) is 288 Å². The molecule has 0 heterocycles. The molecule has 3 atom stereocenters. The zero-order valence-electron chi connectivity index (χ0n) is 86.1. The Bertz CT molecular complexity index is 3480. The van der Waals surface area contributed by atoms with Crippen LogP contribution in [-0.4, -0.2) is 286 Å². The highest BCUT2D eigenvalue weighted by Gasteiger charge is 2.39. The van der Waals surface area contributed by atoms with Gasteiger partial charge in [0.1, 0.15) is 22.4 Å². The number of nitrogens with zero attached hydrogens (tertiary/aromatic N) is 7. The lowest BCUT2D eigenvalue weighted by atomic mass is 9.90. The summed E-state index contributed by atoms with van der Waals surface area (Å²) >= 11 is 15.1. The van der Waals surface area contributed by atoms with Crippen LogP contribution in [0, 0.1) is 72.9 Å². The molecule has 0 saturated carbocycles. The summed E-state index contributed by atoms with van der Waals surface area (Å²) < 4.78 is 71.8. The van der Waals surface area contributed by atoms with Crippen molar-refractivity contribution >= 4 is 160 Å². The lowest BCUT2D eigenvalue weighted by molar-refractivity contribution is -0.306. The number of rotatable bonds is 44. The van der Waals surface area contributed by atoms with Gasteiger partial charge in [0.2, 0.25) is 7.65 Å². The van der Waals surface area contributed by atoms with Crippen molar-refractivity contribution in [3.8, 4) is 12.1 Å². The fourth-order valence-corrected chi connectivity index (χ4v) is 20.9. The van der Waals surface area contributed by atoms with Gasteiger partial charge in [-0.15, -0.1) is 0 Å². The highest BCUT2D eigenvalue weighted by Crippen LogP contribution is 2.62. The van der Waals surface area contributed by atoms with Gasteiger partial charge in [0.25, 0.3) is 0 Å². The van der Waals surface area contributed by atoms with E-state index in [1.165, 1.54) is 19.6 Å². The van der Waals surface area contributed by atoms with E-state index in [4.69, 9.17) is 69.2 Å². The van der Waals surface area contributed by atoms with Crippen LogP contribution in [0.5, 0.6) is 0 Å². The van der Waals surface area contributed by atoms with Gasteiger partial charge in [-0.1, -0.05) is 139 Å². The fourth-order valence-electron chi connectivity index (χ4n) is 8.61. The Labute approximate surface area is 814 Å². The predicted molar refractivity (Wildman–Crippen MR) is 537 cm³/mol. The van der Waals surface area contributed by atoms with Crippen molar-refractivity contribution in [2.24, 2.45) is 50.2 Å². The molecule has 0 rings (SSSR count). The SMILES string of the molecule is CC(C)(C)C(=O)SCC(=O)C(C)(C)CO.CC(C)(C)OO.CC(C)N(C(C)C)P(Cl)OCCC#N.CN(CC(CS)CN(C)C(=O)OC(C)(C)C)C(=O)OC(C)(C)C.CN(CC(CSP(=O)(OCCC#N)OCC(C)(C)C(=O)CSC(=O)C(C)(C)C)CN(C)C(=O)OC(C)(C)C)C(=O)OC(C)(C)C.CNCC(CNC)CSP(=O)(O)OCC(C)(C)C(=O)CSC(=O)C(C)(C)C. The van der Waals surface area contributed by atoms with E-state index >= 15 is 0 Å². The van der Waals surface area contributed by atoms with Crippen LogP contribution in [0.4, 0.5) is 19.2 Å². The second kappa shape index (κ2) is 64.2. The van der Waals surface area contributed by atoms with Crippen molar-refractivity contribution in [2.75, 3.05) is 149 Å². The van der Waals surface area contributed by atoms with E-state index in [9.17, 15) is 62.0 Å². The van der Waals surface area contributed by atoms with E-state index in [1.807, 2.05) is 88.5 Å². The van der Waals surface area contributed by atoms with Crippen molar-refractivity contribution in [1.82, 2.24) is 34.9 Å². The molecule has 130 heavy (non-hydrogen) atoms. The number of aliphatic hydroxyl groups is 1. The predicted octanol–water partition coefficient (Wildman–Crippen LogP) is 19.7. The minimum Gasteiger partial charge on any atom is -0.444 e. The summed E-state index contributed by atoms with van der Waals surface area (Å²) in [5, 5.41) is 40.2. The van der Waals surface area contributed by atoms with E-state index in [-0.39, 0.29) is 126 Å². The first kappa shape index (κ1) is 138. The summed E-state index contributed by atoms with van der Waals surface area (Å²) in [4.78, 5) is 142. The smallest absolute Gasteiger partial charge is 0.410 e. The molecule has 0 aliphatic rings. The van der Waals surface area contributed by atoms with Gasteiger partial charge in [0.05, 0.1) is 80.9 Å². The molecule has 764 valence electrons. The molecular weight excluding hydrogens is 1880 g/mol. The number of thiol groups is 1. The molecule has 0 bridgehead atoms. The topological polar surface area (TPSA) is 436 Å². The highest BCUT2D eigenvalue weighted by molar-refractivity contribution is 8.55. The molecule has 33 nitrogen and oxygen atoms in total. The van der Waals surface area contributed by atoms with Crippen LogP contribution in [0.1, 0.15) is 248 Å². The van der Waals surface area contributed by atoms with Gasteiger partial charge in [-0.2, -0.15) is 23.2 Å². The lowest BCUT2D eigenvalue weighted by Gasteiger charge is -2.32. The van der Waals surface area contributed by atoms with Crippen molar-refractivity contribution in [3.05, 3.63) is 0 Å². The lowest BCUT2D eigenvalue weighted by Crippen LogP contribution is -2.42. The van der Waals surface area contributed by atoms with Crippen LogP contribution in [-0.2, 0) is 79.8 Å². The minimum absolute atomic E-state index is 0.00425. The number of halogens is 1. The zero-order chi connectivity index (χ0) is 104. The second-order valence-electron chi connectivity index (χ2n) is 41.4. The first-order valence-electron chi connectivity index (χ1n) is 42.9. The fraction of sp³-hybridized carbons (Fsp3) is 0.862. The number of carbonyl (C=O) groups is 10. The molecule has 43 heteroatoms. The molecule has 0 aliphatic heterocycles. The highest BCUT2D eigenvalue weighted by atomic mass is 35.7. The maximum Gasteiger partial charge on any atom is 0.410 e. The molecular formula is C87H169ClN9O24P3S6. The summed E-state index contributed by atoms with van der Waals surface area (Å²) in [6, 6.07) is 4.69. The van der Waals surface area contributed by atoms with Gasteiger partial charge in [0.15, 0.2) is 32.7 Å². The van der Waals surface area contributed by atoms with Crippen LogP contribution in [0.3, 0.4) is 0 Å². The van der Waals surface area contributed by atoms with E-state index in [1.54, 1.807) is 174 Å². The summed E-state index contributed by atoms with van der Waals surface area (Å²) in [5.74, 6) is 0.475. The Kier molecular flexibility index (Phi) is 68.0. The molecule has 5 N–H and O–H groups in total. The molecule has 0 aromatic carbocycles. The summed E-state index contributed by atoms with van der Waals surface area (Å²) in [5.41, 5.74) is -7.22. The zero-order valence-corrected chi connectivity index (χ0v) is 94.5. The third-order valence-corrected chi connectivity index (χ3v) is 30.1. The third kappa shape index (κ3) is 72.3. The number of nitriles is 2. The second-order valence-corrected chi connectivity index (χ2v) is 54.7. The monoisotopic (exact) mass is 2040 g/mol. The minimum atomic E-state index is -3.93. The molecule has 0 aromatic heterocycles. The maximum atomic E-state index is 13.9. The van der Waals surface area contributed by atoms with Crippen LogP contribution in [0.25, 0.3) is 0 Å². The molecule has 0 aliphatic carbocycles. The Morgan fingerprint density at radius 1 is 0.454 bits per heavy atom.